The van der Waals surface area contributed by atoms with Crippen molar-refractivity contribution >= 4 is 23.4 Å². The maximum atomic E-state index is 12.7. The van der Waals surface area contributed by atoms with Crippen molar-refractivity contribution in [1.29, 1.82) is 0 Å². The Morgan fingerprint density at radius 3 is 2.50 bits per heavy atom. The number of benzene rings is 2. The Bertz CT molecular complexity index is 761. The number of carbonyl (C=O) groups excluding carboxylic acids is 2. The van der Waals surface area contributed by atoms with Crippen LogP contribution in [0.2, 0.25) is 5.02 Å². The quantitative estimate of drug-likeness (QED) is 0.881. The molecule has 2 atom stereocenters. The van der Waals surface area contributed by atoms with Gasteiger partial charge in [-0.15, -0.1) is 0 Å². The summed E-state index contributed by atoms with van der Waals surface area (Å²) in [5.74, 6) is -0.212. The van der Waals surface area contributed by atoms with E-state index < -0.39 is 0 Å². The maximum absolute atomic E-state index is 12.7. The molecule has 3 rings (SSSR count). The normalized spacial score (nSPS) is 18.2. The van der Waals surface area contributed by atoms with Gasteiger partial charge in [-0.3, -0.25) is 9.59 Å². The van der Waals surface area contributed by atoms with Gasteiger partial charge in [-0.1, -0.05) is 41.9 Å². The molecule has 4 nitrogen and oxygen atoms in total. The van der Waals surface area contributed by atoms with E-state index in [0.717, 1.165) is 18.4 Å². The maximum Gasteiger partial charge on any atom is 0.253 e. The van der Waals surface area contributed by atoms with Gasteiger partial charge in [0.25, 0.3) is 5.91 Å². The van der Waals surface area contributed by atoms with Gasteiger partial charge >= 0.3 is 0 Å². The number of carbonyl (C=O) groups is 2. The molecule has 2 aromatic rings. The van der Waals surface area contributed by atoms with E-state index in [4.69, 9.17) is 11.6 Å². The zero-order valence-electron chi connectivity index (χ0n) is 14.8. The third-order valence-corrected chi connectivity index (χ3v) is 5.08. The Hall–Kier alpha value is -2.33. The Morgan fingerprint density at radius 2 is 1.81 bits per heavy atom. The van der Waals surface area contributed by atoms with Gasteiger partial charge in [0, 0.05) is 23.7 Å². The molecule has 0 unspecified atom stereocenters. The lowest BCUT2D eigenvalue weighted by Gasteiger charge is -2.32. The highest BCUT2D eigenvalue weighted by Crippen LogP contribution is 2.21. The fourth-order valence-electron chi connectivity index (χ4n) is 3.31. The first kappa shape index (κ1) is 18.5. The summed E-state index contributed by atoms with van der Waals surface area (Å²) in [4.78, 5) is 27.1. The van der Waals surface area contributed by atoms with E-state index in [2.05, 4.69) is 5.32 Å². The molecule has 0 bridgehead atoms. The van der Waals surface area contributed by atoms with E-state index in [1.165, 1.54) is 0 Å². The summed E-state index contributed by atoms with van der Waals surface area (Å²) in [6.45, 7) is 3.11. The molecule has 0 aliphatic carbocycles. The largest absolute Gasteiger partial charge is 0.349 e. The van der Waals surface area contributed by atoms with Gasteiger partial charge in [-0.25, -0.2) is 0 Å². The number of rotatable bonds is 4. The van der Waals surface area contributed by atoms with Crippen LogP contribution in [0.3, 0.4) is 0 Å². The lowest BCUT2D eigenvalue weighted by Crippen LogP contribution is -2.45. The second kappa shape index (κ2) is 8.37. The third kappa shape index (κ3) is 4.44. The number of nitrogens with one attached hydrogen (secondary N) is 1. The number of hydrogen-bond donors (Lipinski definition) is 1. The van der Waals surface area contributed by atoms with Crippen LogP contribution in [0.5, 0.6) is 0 Å². The van der Waals surface area contributed by atoms with Crippen molar-refractivity contribution in [2.75, 3.05) is 13.1 Å². The molecule has 1 saturated heterocycles. The first-order chi connectivity index (χ1) is 12.5. The van der Waals surface area contributed by atoms with Crippen LogP contribution in [-0.4, -0.2) is 29.8 Å². The first-order valence-electron chi connectivity index (χ1n) is 8.95. The number of piperidine rings is 1. The summed E-state index contributed by atoms with van der Waals surface area (Å²) in [5.41, 5.74) is 1.68. The number of likely N-dealkylation sites (tertiary alicyclic amines) is 1. The van der Waals surface area contributed by atoms with Gasteiger partial charge in [0.15, 0.2) is 0 Å². The minimum atomic E-state index is -0.175. The highest BCUT2D eigenvalue weighted by molar-refractivity contribution is 6.30. The van der Waals surface area contributed by atoms with Crippen LogP contribution in [0.25, 0.3) is 0 Å². The highest BCUT2D eigenvalue weighted by Gasteiger charge is 2.29. The number of hydrogen-bond acceptors (Lipinski definition) is 2. The Labute approximate surface area is 159 Å². The zero-order valence-corrected chi connectivity index (χ0v) is 15.6. The molecule has 5 heteroatoms. The standard InChI is InChI=1S/C21H23ClN2O2/c1-15(16-6-3-2-4-7-16)23-20(25)18-8-5-13-24(14-18)21(26)17-9-11-19(22)12-10-17/h2-4,6-7,9-12,15,18H,5,8,13-14H2,1H3,(H,23,25)/t15-,18+/m1/s1. The second-order valence-electron chi connectivity index (χ2n) is 6.74. The molecule has 2 amide bonds. The summed E-state index contributed by atoms with van der Waals surface area (Å²) >= 11 is 5.89. The minimum Gasteiger partial charge on any atom is -0.349 e. The van der Waals surface area contributed by atoms with Crippen molar-refractivity contribution in [2.24, 2.45) is 5.92 Å². The van der Waals surface area contributed by atoms with Crippen LogP contribution in [0.15, 0.2) is 54.6 Å². The first-order valence-corrected chi connectivity index (χ1v) is 9.32. The van der Waals surface area contributed by atoms with E-state index >= 15 is 0 Å². The van der Waals surface area contributed by atoms with E-state index in [1.807, 2.05) is 37.3 Å². The SMILES string of the molecule is C[C@@H](NC(=O)[C@H]1CCCN(C(=O)c2ccc(Cl)cc2)C1)c1ccccc1. The highest BCUT2D eigenvalue weighted by atomic mass is 35.5. The molecule has 0 saturated carbocycles. The molecule has 136 valence electrons. The molecule has 1 fully saturated rings. The predicted octanol–water partition coefficient (Wildman–Crippen LogP) is 4.07. The second-order valence-corrected chi connectivity index (χ2v) is 7.17. The van der Waals surface area contributed by atoms with Crippen molar-refractivity contribution in [3.05, 3.63) is 70.7 Å². The Balaban J connectivity index is 1.61. The van der Waals surface area contributed by atoms with Gasteiger partial charge in [-0.05, 0) is 49.6 Å². The zero-order chi connectivity index (χ0) is 18.5. The van der Waals surface area contributed by atoms with E-state index in [0.29, 0.717) is 23.7 Å². The van der Waals surface area contributed by atoms with Gasteiger partial charge in [-0.2, -0.15) is 0 Å². The summed E-state index contributed by atoms with van der Waals surface area (Å²) in [7, 11) is 0. The molecule has 1 heterocycles. The molecule has 0 radical (unpaired) electrons. The van der Waals surface area contributed by atoms with Crippen LogP contribution in [-0.2, 0) is 4.79 Å². The van der Waals surface area contributed by atoms with Crippen LogP contribution in [0.1, 0.15) is 41.7 Å². The minimum absolute atomic E-state index is 0.00922. The summed E-state index contributed by atoms with van der Waals surface area (Å²) in [5, 5.41) is 3.68. The molecular formula is C21H23ClN2O2. The molecular weight excluding hydrogens is 348 g/mol. The molecule has 1 aliphatic rings. The lowest BCUT2D eigenvalue weighted by atomic mass is 9.95. The van der Waals surface area contributed by atoms with Crippen molar-refractivity contribution in [1.82, 2.24) is 10.2 Å². The van der Waals surface area contributed by atoms with Crippen LogP contribution >= 0.6 is 11.6 Å². The van der Waals surface area contributed by atoms with E-state index in [1.54, 1.807) is 29.2 Å². The molecule has 1 aliphatic heterocycles. The van der Waals surface area contributed by atoms with Crippen molar-refractivity contribution < 1.29 is 9.59 Å². The topological polar surface area (TPSA) is 49.4 Å². The molecule has 1 N–H and O–H groups in total. The van der Waals surface area contributed by atoms with Gasteiger partial charge in [0.1, 0.15) is 0 Å². The predicted molar refractivity (Wildman–Crippen MR) is 103 cm³/mol. The van der Waals surface area contributed by atoms with Crippen LogP contribution in [0.4, 0.5) is 0 Å². The smallest absolute Gasteiger partial charge is 0.253 e. The molecule has 0 spiro atoms. The fraction of sp³-hybridized carbons (Fsp3) is 0.333. The molecule has 0 aromatic heterocycles. The number of halogens is 1. The van der Waals surface area contributed by atoms with Crippen LogP contribution < -0.4 is 5.32 Å². The van der Waals surface area contributed by atoms with Gasteiger partial charge in [0.05, 0.1) is 12.0 Å². The molecule has 2 aromatic carbocycles. The van der Waals surface area contributed by atoms with Crippen LogP contribution in [0, 0.1) is 5.92 Å². The van der Waals surface area contributed by atoms with Gasteiger partial charge < -0.3 is 10.2 Å². The fourth-order valence-corrected chi connectivity index (χ4v) is 3.43. The molecule has 26 heavy (non-hydrogen) atoms. The number of nitrogens with zero attached hydrogens (tertiary/aromatic N) is 1. The Kier molecular flexibility index (Phi) is 5.94. The van der Waals surface area contributed by atoms with E-state index in [-0.39, 0.29) is 23.8 Å². The monoisotopic (exact) mass is 370 g/mol. The Morgan fingerprint density at radius 1 is 1.12 bits per heavy atom. The summed E-state index contributed by atoms with van der Waals surface area (Å²) in [6, 6.07) is 16.7. The average Bonchev–Trinajstić information content (AvgIpc) is 2.68. The summed E-state index contributed by atoms with van der Waals surface area (Å²) < 4.78 is 0. The van der Waals surface area contributed by atoms with Gasteiger partial charge in [0.2, 0.25) is 5.91 Å². The summed E-state index contributed by atoms with van der Waals surface area (Å²) in [6.07, 6.45) is 1.63. The third-order valence-electron chi connectivity index (χ3n) is 4.83. The van der Waals surface area contributed by atoms with Crippen molar-refractivity contribution in [2.45, 2.75) is 25.8 Å². The van der Waals surface area contributed by atoms with Crippen molar-refractivity contribution in [3.8, 4) is 0 Å². The number of amides is 2. The lowest BCUT2D eigenvalue weighted by molar-refractivity contribution is -0.127. The van der Waals surface area contributed by atoms with Crippen molar-refractivity contribution in [3.63, 3.8) is 0 Å². The van der Waals surface area contributed by atoms with E-state index in [9.17, 15) is 9.59 Å². The average molecular weight is 371 g/mol.